The Labute approximate surface area is 199 Å². The maximum absolute atomic E-state index is 13.2. The third-order valence-corrected chi connectivity index (χ3v) is 7.27. The van der Waals surface area contributed by atoms with Crippen LogP contribution >= 0.6 is 11.3 Å². The number of thiazole rings is 1. The van der Waals surface area contributed by atoms with Crippen LogP contribution in [0.15, 0.2) is 29.8 Å². The molecule has 1 saturated heterocycles. The summed E-state index contributed by atoms with van der Waals surface area (Å²) in [5.74, 6) is -0.715. The summed E-state index contributed by atoms with van der Waals surface area (Å²) >= 11 is 1.60. The van der Waals surface area contributed by atoms with E-state index < -0.39 is 12.1 Å². The Hall–Kier alpha value is -2.33. The monoisotopic (exact) mass is 474 g/mol. The molecule has 3 rings (SSSR count). The predicted molar refractivity (Wildman–Crippen MR) is 129 cm³/mol. The zero-order valence-corrected chi connectivity index (χ0v) is 20.5. The molecule has 1 unspecified atom stereocenters. The molecule has 0 spiro atoms. The van der Waals surface area contributed by atoms with E-state index in [0.29, 0.717) is 19.6 Å². The van der Waals surface area contributed by atoms with Crippen molar-refractivity contribution in [1.82, 2.24) is 20.5 Å². The fraction of sp³-hybridized carbons (Fsp3) is 0.542. The molecule has 9 heteroatoms. The van der Waals surface area contributed by atoms with Crippen LogP contribution in [0.1, 0.15) is 31.0 Å². The maximum atomic E-state index is 13.2. The summed E-state index contributed by atoms with van der Waals surface area (Å²) in [4.78, 5) is 33.1. The molecule has 2 aromatic rings. The van der Waals surface area contributed by atoms with Crippen LogP contribution in [0.3, 0.4) is 0 Å². The minimum atomic E-state index is -0.703. The summed E-state index contributed by atoms with van der Waals surface area (Å²) in [7, 11) is 3.44. The lowest BCUT2D eigenvalue weighted by Crippen LogP contribution is -2.50. The molecule has 1 fully saturated rings. The van der Waals surface area contributed by atoms with Crippen LogP contribution in [-0.2, 0) is 20.9 Å². The number of hydrogen-bond donors (Lipinski definition) is 3. The van der Waals surface area contributed by atoms with Gasteiger partial charge in [0.2, 0.25) is 11.8 Å². The topological polar surface area (TPSA) is 104 Å². The zero-order valence-electron chi connectivity index (χ0n) is 19.7. The van der Waals surface area contributed by atoms with Crippen molar-refractivity contribution >= 4 is 23.2 Å². The van der Waals surface area contributed by atoms with E-state index in [0.717, 1.165) is 21.7 Å². The van der Waals surface area contributed by atoms with Gasteiger partial charge in [0.1, 0.15) is 6.04 Å². The van der Waals surface area contributed by atoms with Crippen molar-refractivity contribution in [3.05, 3.63) is 41.0 Å². The third kappa shape index (κ3) is 6.17. The van der Waals surface area contributed by atoms with E-state index in [1.807, 2.05) is 50.7 Å². The molecule has 0 saturated carbocycles. The number of aryl methyl sites for hydroxylation is 1. The zero-order chi connectivity index (χ0) is 24.0. The van der Waals surface area contributed by atoms with Gasteiger partial charge in [0, 0.05) is 39.3 Å². The smallest absolute Gasteiger partial charge is 0.243 e. The molecular formula is C24H34N4O4S. The fourth-order valence-electron chi connectivity index (χ4n) is 4.29. The average Bonchev–Trinajstić information content (AvgIpc) is 3.43. The number of carbonyl (C=O) groups is 2. The molecule has 1 aliphatic heterocycles. The Morgan fingerprint density at radius 1 is 1.33 bits per heavy atom. The number of carbonyl (C=O) groups excluding carboxylic acids is 2. The van der Waals surface area contributed by atoms with Crippen molar-refractivity contribution in [1.29, 1.82) is 0 Å². The molecule has 0 aliphatic carbocycles. The van der Waals surface area contributed by atoms with Crippen LogP contribution in [0.25, 0.3) is 10.4 Å². The van der Waals surface area contributed by atoms with Crippen LogP contribution in [0, 0.1) is 12.8 Å². The van der Waals surface area contributed by atoms with Crippen LogP contribution in [0.2, 0.25) is 0 Å². The van der Waals surface area contributed by atoms with Gasteiger partial charge in [0.15, 0.2) is 0 Å². The van der Waals surface area contributed by atoms with E-state index in [2.05, 4.69) is 15.6 Å². The Morgan fingerprint density at radius 2 is 2.06 bits per heavy atom. The number of ether oxygens (including phenoxy) is 1. The van der Waals surface area contributed by atoms with Crippen molar-refractivity contribution in [2.75, 3.05) is 27.3 Å². The minimum Gasteiger partial charge on any atom is -0.391 e. The molecule has 0 radical (unpaired) electrons. The van der Waals surface area contributed by atoms with Crippen molar-refractivity contribution in [3.8, 4) is 10.4 Å². The fourth-order valence-corrected chi connectivity index (χ4v) is 5.10. The second-order valence-corrected chi connectivity index (χ2v) is 9.40. The Balaban J connectivity index is 1.61. The highest BCUT2D eigenvalue weighted by Gasteiger charge is 2.41. The molecule has 2 amide bonds. The number of likely N-dealkylation sites (tertiary alicyclic amines) is 1. The number of aliphatic hydroxyl groups excluding tert-OH is 1. The standard InChI is InChI=1S/C24H34N4O4S/c1-15(20(25-3)9-10-32-4)24(31)28-13-19(29)11-21(28)23(30)26-12-17-5-7-18(8-6-17)22-16(2)27-14-33-22/h5-8,14-15,19-21,25,29H,9-13H2,1-4H3,(H,26,30)/t15-,19+,20?,21-/m0/s1. The molecule has 0 bridgehead atoms. The number of amides is 2. The summed E-state index contributed by atoms with van der Waals surface area (Å²) in [6, 6.07) is 7.27. The first-order valence-corrected chi connectivity index (χ1v) is 12.2. The van der Waals surface area contributed by atoms with Gasteiger partial charge in [-0.15, -0.1) is 11.3 Å². The second kappa shape index (κ2) is 11.7. The largest absolute Gasteiger partial charge is 0.391 e. The maximum Gasteiger partial charge on any atom is 0.243 e. The van der Waals surface area contributed by atoms with Gasteiger partial charge < -0.3 is 25.4 Å². The summed E-state index contributed by atoms with van der Waals surface area (Å²) in [5, 5.41) is 16.3. The Kier molecular flexibility index (Phi) is 8.96. The van der Waals surface area contributed by atoms with Crippen molar-refractivity contribution in [2.45, 2.75) is 51.4 Å². The minimum absolute atomic E-state index is 0.0698. The number of methoxy groups -OCH3 is 1. The molecule has 8 nitrogen and oxygen atoms in total. The van der Waals surface area contributed by atoms with Gasteiger partial charge in [-0.05, 0) is 31.5 Å². The normalized spacial score (nSPS) is 20.0. The van der Waals surface area contributed by atoms with Gasteiger partial charge in [-0.2, -0.15) is 0 Å². The Morgan fingerprint density at radius 3 is 2.67 bits per heavy atom. The van der Waals surface area contributed by atoms with Crippen LogP contribution in [0.5, 0.6) is 0 Å². The molecule has 4 atom stereocenters. The average molecular weight is 475 g/mol. The number of β-amino-alcohol motifs (C(OH)–C–C–N with tert-alkyl or cyclic N) is 1. The van der Waals surface area contributed by atoms with E-state index in [1.54, 1.807) is 18.4 Å². The molecule has 1 aliphatic rings. The molecular weight excluding hydrogens is 440 g/mol. The molecule has 2 heterocycles. The first-order chi connectivity index (χ1) is 15.8. The van der Waals surface area contributed by atoms with Crippen LogP contribution in [0.4, 0.5) is 0 Å². The molecule has 33 heavy (non-hydrogen) atoms. The van der Waals surface area contributed by atoms with Gasteiger partial charge in [0.25, 0.3) is 0 Å². The SMILES string of the molecule is CNC(CCOC)[C@H](C)C(=O)N1C[C@H](O)C[C@H]1C(=O)NCc1ccc(-c2scnc2C)cc1. The quantitative estimate of drug-likeness (QED) is 0.486. The van der Waals surface area contributed by atoms with Gasteiger partial charge in [-0.1, -0.05) is 31.2 Å². The lowest BCUT2D eigenvalue weighted by atomic mass is 9.97. The molecule has 3 N–H and O–H groups in total. The van der Waals surface area contributed by atoms with Crippen LogP contribution in [-0.4, -0.2) is 72.3 Å². The number of benzene rings is 1. The molecule has 180 valence electrons. The van der Waals surface area contributed by atoms with E-state index in [-0.39, 0.29) is 36.7 Å². The Bertz CT molecular complexity index is 933. The van der Waals surface area contributed by atoms with Crippen molar-refractivity contribution in [3.63, 3.8) is 0 Å². The lowest BCUT2D eigenvalue weighted by Gasteiger charge is -2.30. The van der Waals surface area contributed by atoms with Gasteiger partial charge in [0.05, 0.1) is 28.1 Å². The van der Waals surface area contributed by atoms with Crippen LogP contribution < -0.4 is 10.6 Å². The number of rotatable bonds is 10. The second-order valence-electron chi connectivity index (χ2n) is 8.54. The highest BCUT2D eigenvalue weighted by molar-refractivity contribution is 7.13. The van der Waals surface area contributed by atoms with E-state index in [1.165, 1.54) is 4.90 Å². The summed E-state index contributed by atoms with van der Waals surface area (Å²) in [5.41, 5.74) is 4.90. The number of nitrogens with one attached hydrogen (secondary N) is 2. The number of nitrogens with zero attached hydrogens (tertiary/aromatic N) is 2. The summed E-state index contributed by atoms with van der Waals surface area (Å²) < 4.78 is 5.14. The van der Waals surface area contributed by atoms with E-state index >= 15 is 0 Å². The van der Waals surface area contributed by atoms with Gasteiger partial charge in [-0.3, -0.25) is 9.59 Å². The molecule has 1 aromatic carbocycles. The number of aromatic nitrogens is 1. The van der Waals surface area contributed by atoms with E-state index in [4.69, 9.17) is 4.74 Å². The number of aliphatic hydroxyl groups is 1. The molecule has 1 aromatic heterocycles. The highest BCUT2D eigenvalue weighted by Crippen LogP contribution is 2.27. The van der Waals surface area contributed by atoms with Gasteiger partial charge >= 0.3 is 0 Å². The van der Waals surface area contributed by atoms with Crippen molar-refractivity contribution in [2.24, 2.45) is 5.92 Å². The lowest BCUT2D eigenvalue weighted by molar-refractivity contribution is -0.142. The van der Waals surface area contributed by atoms with Gasteiger partial charge in [-0.25, -0.2) is 4.98 Å². The van der Waals surface area contributed by atoms with Crippen molar-refractivity contribution < 1.29 is 19.4 Å². The first-order valence-electron chi connectivity index (χ1n) is 11.3. The highest BCUT2D eigenvalue weighted by atomic mass is 32.1. The summed E-state index contributed by atoms with van der Waals surface area (Å²) in [6.45, 7) is 4.91. The van der Waals surface area contributed by atoms with E-state index in [9.17, 15) is 14.7 Å². The third-order valence-electron chi connectivity index (χ3n) is 6.29. The first kappa shape index (κ1) is 25.3. The predicted octanol–water partition coefficient (Wildman–Crippen LogP) is 1.96. The number of hydrogen-bond acceptors (Lipinski definition) is 7. The summed E-state index contributed by atoms with van der Waals surface area (Å²) in [6.07, 6.45) is 0.228.